The van der Waals surface area contributed by atoms with Gasteiger partial charge in [-0.25, -0.2) is 0 Å². The summed E-state index contributed by atoms with van der Waals surface area (Å²) < 4.78 is 127. The van der Waals surface area contributed by atoms with Crippen LogP contribution in [-0.2, 0) is 11.6 Å². The van der Waals surface area contributed by atoms with Crippen molar-refractivity contribution in [3.8, 4) is 22.4 Å². The van der Waals surface area contributed by atoms with E-state index < -0.39 is 51.8 Å². The molecule has 0 aliphatic heterocycles. The van der Waals surface area contributed by atoms with E-state index in [2.05, 4.69) is 4.98 Å². The summed E-state index contributed by atoms with van der Waals surface area (Å²) in [6, 6.07) is 12.5. The third-order valence-electron chi connectivity index (χ3n) is 6.26. The summed E-state index contributed by atoms with van der Waals surface area (Å²) in [5.74, 6) is 0. The molecule has 0 saturated carbocycles. The molecule has 35 heavy (non-hydrogen) atoms. The molecule has 5 rings (SSSR count). The molecule has 0 bridgehead atoms. The Balaban J connectivity index is 1.87. The molecule has 1 aliphatic rings. The summed E-state index contributed by atoms with van der Waals surface area (Å²) in [4.78, 5) is 4.16. The summed E-state index contributed by atoms with van der Waals surface area (Å²) >= 11 is 0. The fraction of sp³-hybridized carbons (Fsp3) is 0.160. The van der Waals surface area contributed by atoms with E-state index in [-0.39, 0.29) is 17.3 Å². The van der Waals surface area contributed by atoms with Gasteiger partial charge in [0.2, 0.25) is 5.41 Å². The molecular formula is C25H12F9N. The number of nitrogens with zero attached hydrogens (tertiary/aromatic N) is 1. The standard InChI is InChI=1S/C25H12F9N/c26-23(27,28)15-6-8-18-17-7-5-14(21-16-4-2-1-3-13(16)9-10-35-21)11-19(17)22(20(18)12-15,24(29,30)31)25(32,33)34/h1-12H. The Morgan fingerprint density at radius 1 is 0.629 bits per heavy atom. The fourth-order valence-corrected chi connectivity index (χ4v) is 4.77. The Kier molecular flexibility index (Phi) is 4.79. The zero-order valence-corrected chi connectivity index (χ0v) is 17.3. The fourth-order valence-electron chi connectivity index (χ4n) is 4.77. The molecule has 0 unspecified atom stereocenters. The molecule has 0 N–H and O–H groups in total. The Hall–Kier alpha value is -3.56. The average Bonchev–Trinajstić information content (AvgIpc) is 3.08. The summed E-state index contributed by atoms with van der Waals surface area (Å²) in [6.07, 6.45) is -15.7. The van der Waals surface area contributed by atoms with E-state index in [9.17, 15) is 39.5 Å². The molecule has 1 heterocycles. The van der Waals surface area contributed by atoms with Crippen LogP contribution in [-0.4, -0.2) is 17.3 Å². The van der Waals surface area contributed by atoms with Crippen molar-refractivity contribution < 1.29 is 39.5 Å². The summed E-state index contributed by atoms with van der Waals surface area (Å²) in [6.45, 7) is 0. The van der Waals surface area contributed by atoms with Crippen LogP contribution in [0.1, 0.15) is 16.7 Å². The second kappa shape index (κ2) is 7.22. The van der Waals surface area contributed by atoms with Crippen LogP contribution in [0.15, 0.2) is 72.9 Å². The van der Waals surface area contributed by atoms with Gasteiger partial charge in [0.25, 0.3) is 0 Å². The van der Waals surface area contributed by atoms with Gasteiger partial charge in [-0.1, -0.05) is 42.5 Å². The zero-order valence-electron chi connectivity index (χ0n) is 17.3. The summed E-state index contributed by atoms with van der Waals surface area (Å²) in [7, 11) is 0. The van der Waals surface area contributed by atoms with E-state index in [4.69, 9.17) is 0 Å². The van der Waals surface area contributed by atoms with Crippen molar-refractivity contribution >= 4 is 10.8 Å². The van der Waals surface area contributed by atoms with Crippen LogP contribution in [0.25, 0.3) is 33.2 Å². The highest BCUT2D eigenvalue weighted by Gasteiger charge is 2.75. The maximum absolute atomic E-state index is 14.5. The minimum absolute atomic E-state index is 0.0257. The first-order chi connectivity index (χ1) is 16.3. The second-order valence-electron chi connectivity index (χ2n) is 8.14. The molecule has 0 radical (unpaired) electrons. The molecule has 0 atom stereocenters. The van der Waals surface area contributed by atoms with Gasteiger partial charge in [0.05, 0.1) is 11.3 Å². The van der Waals surface area contributed by atoms with Crippen molar-refractivity contribution in [3.63, 3.8) is 0 Å². The summed E-state index contributed by atoms with van der Waals surface area (Å²) in [5, 5.41) is 1.16. The monoisotopic (exact) mass is 497 g/mol. The molecule has 0 amide bonds. The zero-order chi connectivity index (χ0) is 25.4. The SMILES string of the molecule is FC(F)(F)c1ccc2c(c1)C(C(F)(F)F)(C(F)(F)F)c1cc(-c3nccc4ccccc34)ccc1-2. The molecule has 1 nitrogen and oxygen atoms in total. The van der Waals surface area contributed by atoms with Crippen LogP contribution in [0.3, 0.4) is 0 Å². The third-order valence-corrected chi connectivity index (χ3v) is 6.26. The highest BCUT2D eigenvalue weighted by molar-refractivity contribution is 5.95. The van der Waals surface area contributed by atoms with Gasteiger partial charge in [0, 0.05) is 17.1 Å². The van der Waals surface area contributed by atoms with Crippen molar-refractivity contribution in [3.05, 3.63) is 89.6 Å². The lowest BCUT2D eigenvalue weighted by Gasteiger charge is -2.36. The van der Waals surface area contributed by atoms with Crippen LogP contribution in [0.2, 0.25) is 0 Å². The van der Waals surface area contributed by atoms with Gasteiger partial charge in [-0.3, -0.25) is 4.98 Å². The molecule has 3 aromatic carbocycles. The highest BCUT2D eigenvalue weighted by atomic mass is 19.4. The largest absolute Gasteiger partial charge is 0.416 e. The summed E-state index contributed by atoms with van der Waals surface area (Å²) in [5.41, 5.74) is -9.79. The number of alkyl halides is 9. The first-order valence-electron chi connectivity index (χ1n) is 10.1. The molecule has 4 aromatic rings. The number of hydrogen-bond donors (Lipinski definition) is 0. The van der Waals surface area contributed by atoms with Gasteiger partial charge in [0.15, 0.2) is 0 Å². The molecule has 180 valence electrons. The minimum atomic E-state index is -5.99. The smallest absolute Gasteiger partial charge is 0.256 e. The minimum Gasteiger partial charge on any atom is -0.256 e. The van der Waals surface area contributed by atoms with E-state index in [0.717, 1.165) is 12.1 Å². The van der Waals surface area contributed by atoms with Gasteiger partial charge in [-0.15, -0.1) is 0 Å². The van der Waals surface area contributed by atoms with Crippen molar-refractivity contribution in [1.29, 1.82) is 0 Å². The lowest BCUT2D eigenvalue weighted by molar-refractivity contribution is -0.287. The van der Waals surface area contributed by atoms with Gasteiger partial charge in [-0.05, 0) is 51.9 Å². The number of halogens is 9. The van der Waals surface area contributed by atoms with Crippen molar-refractivity contribution in [2.45, 2.75) is 23.9 Å². The maximum Gasteiger partial charge on any atom is 0.416 e. The number of benzene rings is 3. The van der Waals surface area contributed by atoms with Crippen LogP contribution in [0.4, 0.5) is 39.5 Å². The van der Waals surface area contributed by atoms with Crippen LogP contribution in [0, 0.1) is 0 Å². The Morgan fingerprint density at radius 3 is 1.86 bits per heavy atom. The first-order valence-corrected chi connectivity index (χ1v) is 10.1. The lowest BCUT2D eigenvalue weighted by Crippen LogP contribution is -2.53. The van der Waals surface area contributed by atoms with Gasteiger partial charge >= 0.3 is 18.5 Å². The molecule has 1 aromatic heterocycles. The third kappa shape index (κ3) is 3.22. The molecule has 0 saturated heterocycles. The lowest BCUT2D eigenvalue weighted by atomic mass is 9.75. The number of rotatable bonds is 1. The first kappa shape index (κ1) is 23.2. The maximum atomic E-state index is 14.5. The predicted octanol–water partition coefficient (Wildman–Crippen LogP) is 8.31. The second-order valence-corrected chi connectivity index (χ2v) is 8.14. The number of pyridine rings is 1. The van der Waals surface area contributed by atoms with Crippen LogP contribution >= 0.6 is 0 Å². The van der Waals surface area contributed by atoms with E-state index in [1.165, 1.54) is 12.3 Å². The van der Waals surface area contributed by atoms with E-state index in [1.54, 1.807) is 30.3 Å². The Labute approximate surface area is 191 Å². The van der Waals surface area contributed by atoms with Crippen molar-refractivity contribution in [1.82, 2.24) is 4.98 Å². The number of aromatic nitrogens is 1. The molecule has 10 heteroatoms. The average molecular weight is 497 g/mol. The van der Waals surface area contributed by atoms with E-state index in [0.29, 0.717) is 22.9 Å². The van der Waals surface area contributed by atoms with Gasteiger partial charge in [0.1, 0.15) is 0 Å². The Bertz CT molecular complexity index is 1440. The van der Waals surface area contributed by atoms with Gasteiger partial charge in [-0.2, -0.15) is 39.5 Å². The highest BCUT2D eigenvalue weighted by Crippen LogP contribution is 2.64. The molecular weight excluding hydrogens is 485 g/mol. The van der Waals surface area contributed by atoms with Crippen molar-refractivity contribution in [2.75, 3.05) is 0 Å². The van der Waals surface area contributed by atoms with Crippen LogP contribution in [0.5, 0.6) is 0 Å². The normalized spacial score (nSPS) is 15.2. The van der Waals surface area contributed by atoms with Gasteiger partial charge < -0.3 is 0 Å². The topological polar surface area (TPSA) is 12.9 Å². The van der Waals surface area contributed by atoms with Crippen LogP contribution < -0.4 is 0 Å². The Morgan fingerprint density at radius 2 is 1.23 bits per heavy atom. The van der Waals surface area contributed by atoms with E-state index >= 15 is 0 Å². The quantitative estimate of drug-likeness (QED) is 0.241. The number of fused-ring (bicyclic) bond motifs is 4. The molecule has 1 aliphatic carbocycles. The number of hydrogen-bond acceptors (Lipinski definition) is 1. The van der Waals surface area contributed by atoms with E-state index in [1.807, 2.05) is 0 Å². The predicted molar refractivity (Wildman–Crippen MR) is 111 cm³/mol. The molecule has 0 spiro atoms. The molecule has 0 fully saturated rings. The van der Waals surface area contributed by atoms with Crippen molar-refractivity contribution in [2.24, 2.45) is 0 Å².